The number of carbonyl (C=O) groups excluding carboxylic acids is 1. The largest absolute Gasteiger partial charge is 0.490 e. The fourth-order valence-electron chi connectivity index (χ4n) is 1.68. The van der Waals surface area contributed by atoms with Gasteiger partial charge in [-0.25, -0.2) is 0 Å². The van der Waals surface area contributed by atoms with Gasteiger partial charge in [0.2, 0.25) is 0 Å². The second-order valence-corrected chi connectivity index (χ2v) is 5.20. The van der Waals surface area contributed by atoms with Gasteiger partial charge >= 0.3 is 0 Å². The first-order valence-electron chi connectivity index (χ1n) is 5.73. The lowest BCUT2D eigenvalue weighted by atomic mass is 10.0. The van der Waals surface area contributed by atoms with Crippen LogP contribution in [0.3, 0.4) is 0 Å². The van der Waals surface area contributed by atoms with E-state index >= 15 is 0 Å². The Kier molecular flexibility index (Phi) is 3.72. The molecule has 0 bridgehead atoms. The van der Waals surface area contributed by atoms with E-state index in [0.29, 0.717) is 30.3 Å². The van der Waals surface area contributed by atoms with Gasteiger partial charge in [0.25, 0.3) is 0 Å². The van der Waals surface area contributed by atoms with E-state index in [1.165, 1.54) is 0 Å². The van der Waals surface area contributed by atoms with Crippen LogP contribution >= 0.6 is 15.9 Å². The molecule has 0 radical (unpaired) electrons. The molecule has 2 rings (SSSR count). The van der Waals surface area contributed by atoms with Crippen molar-refractivity contribution in [3.63, 3.8) is 0 Å². The van der Waals surface area contributed by atoms with Crippen LogP contribution in [0.25, 0.3) is 0 Å². The highest BCUT2D eigenvalue weighted by Crippen LogP contribution is 2.36. The average molecular weight is 299 g/mol. The minimum atomic E-state index is -0.0314. The van der Waals surface area contributed by atoms with Gasteiger partial charge in [-0.1, -0.05) is 13.8 Å². The van der Waals surface area contributed by atoms with Crippen molar-refractivity contribution < 1.29 is 14.3 Å². The third kappa shape index (κ3) is 2.63. The zero-order chi connectivity index (χ0) is 12.4. The second kappa shape index (κ2) is 5.08. The Balaban J connectivity index is 2.42. The summed E-state index contributed by atoms with van der Waals surface area (Å²) in [6, 6.07) is 3.59. The Morgan fingerprint density at radius 3 is 2.41 bits per heavy atom. The van der Waals surface area contributed by atoms with Crippen LogP contribution in [-0.2, 0) is 0 Å². The van der Waals surface area contributed by atoms with E-state index in [4.69, 9.17) is 9.47 Å². The fourth-order valence-corrected chi connectivity index (χ4v) is 2.20. The molecular formula is C13H15BrO3. The number of ketones is 1. The summed E-state index contributed by atoms with van der Waals surface area (Å²) in [7, 11) is 0. The number of halogens is 1. The van der Waals surface area contributed by atoms with Crippen LogP contribution in [0.2, 0.25) is 0 Å². The summed E-state index contributed by atoms with van der Waals surface area (Å²) in [5.74, 6) is 1.44. The Bertz CT molecular complexity index is 441. The van der Waals surface area contributed by atoms with Crippen molar-refractivity contribution in [1.29, 1.82) is 0 Å². The molecule has 0 atom stereocenters. The van der Waals surface area contributed by atoms with Crippen LogP contribution in [0.1, 0.15) is 30.6 Å². The lowest BCUT2D eigenvalue weighted by Crippen LogP contribution is -2.08. The number of rotatable bonds is 2. The Labute approximate surface area is 109 Å². The van der Waals surface area contributed by atoms with Crippen LogP contribution in [0.5, 0.6) is 11.5 Å². The Morgan fingerprint density at radius 2 is 1.82 bits per heavy atom. The lowest BCUT2D eigenvalue weighted by Gasteiger charge is -2.12. The van der Waals surface area contributed by atoms with E-state index in [2.05, 4.69) is 15.9 Å². The first-order chi connectivity index (χ1) is 8.09. The molecule has 0 aromatic heterocycles. The normalized spacial score (nSPS) is 14.6. The number of carbonyl (C=O) groups is 1. The van der Waals surface area contributed by atoms with Crippen molar-refractivity contribution in [3.05, 3.63) is 22.2 Å². The van der Waals surface area contributed by atoms with E-state index in [1.54, 1.807) is 6.07 Å². The van der Waals surface area contributed by atoms with E-state index in [-0.39, 0.29) is 11.7 Å². The predicted octanol–water partition coefficient (Wildman–Crippen LogP) is 3.45. The molecular weight excluding hydrogens is 284 g/mol. The summed E-state index contributed by atoms with van der Waals surface area (Å²) in [5.41, 5.74) is 0.657. The topological polar surface area (TPSA) is 35.5 Å². The molecule has 4 heteroatoms. The van der Waals surface area contributed by atoms with E-state index in [1.807, 2.05) is 19.9 Å². The molecule has 0 unspecified atom stereocenters. The van der Waals surface area contributed by atoms with Crippen molar-refractivity contribution >= 4 is 21.7 Å². The summed E-state index contributed by atoms with van der Waals surface area (Å²) in [6.45, 7) is 5.05. The Hall–Kier alpha value is -1.03. The second-order valence-electron chi connectivity index (χ2n) is 4.35. The van der Waals surface area contributed by atoms with Gasteiger partial charge in [-0.15, -0.1) is 0 Å². The van der Waals surface area contributed by atoms with Gasteiger partial charge in [0.15, 0.2) is 17.3 Å². The van der Waals surface area contributed by atoms with Gasteiger partial charge in [-0.3, -0.25) is 4.79 Å². The van der Waals surface area contributed by atoms with E-state index in [9.17, 15) is 4.79 Å². The number of ether oxygens (including phenoxy) is 2. The third-order valence-electron chi connectivity index (χ3n) is 2.63. The van der Waals surface area contributed by atoms with Crippen LogP contribution in [0.15, 0.2) is 16.6 Å². The van der Waals surface area contributed by atoms with E-state index < -0.39 is 0 Å². The molecule has 1 aromatic rings. The van der Waals surface area contributed by atoms with Crippen molar-refractivity contribution in [2.24, 2.45) is 5.92 Å². The zero-order valence-corrected chi connectivity index (χ0v) is 11.5. The molecule has 0 saturated carbocycles. The number of hydrogen-bond donors (Lipinski definition) is 0. The monoisotopic (exact) mass is 298 g/mol. The molecule has 17 heavy (non-hydrogen) atoms. The number of fused-ring (bicyclic) bond motifs is 1. The van der Waals surface area contributed by atoms with Crippen molar-refractivity contribution in [3.8, 4) is 11.5 Å². The molecule has 1 heterocycles. The predicted molar refractivity (Wildman–Crippen MR) is 68.9 cm³/mol. The molecule has 1 aliphatic heterocycles. The zero-order valence-electron chi connectivity index (χ0n) is 9.96. The van der Waals surface area contributed by atoms with Crippen LogP contribution in [0.4, 0.5) is 0 Å². The van der Waals surface area contributed by atoms with Gasteiger partial charge in [-0.2, -0.15) is 0 Å². The van der Waals surface area contributed by atoms with Crippen molar-refractivity contribution in [1.82, 2.24) is 0 Å². The van der Waals surface area contributed by atoms with E-state index in [0.717, 1.165) is 10.9 Å². The highest BCUT2D eigenvalue weighted by atomic mass is 79.9. The molecule has 1 aromatic carbocycles. The van der Waals surface area contributed by atoms with Crippen molar-refractivity contribution in [2.45, 2.75) is 20.3 Å². The quantitative estimate of drug-likeness (QED) is 0.785. The van der Waals surface area contributed by atoms with Crippen LogP contribution < -0.4 is 9.47 Å². The highest BCUT2D eigenvalue weighted by Gasteiger charge is 2.19. The molecule has 0 amide bonds. The molecule has 1 aliphatic rings. The minimum Gasteiger partial charge on any atom is -0.490 e. The minimum absolute atomic E-state index is 0.0314. The van der Waals surface area contributed by atoms with Gasteiger partial charge in [0.05, 0.1) is 13.2 Å². The summed E-state index contributed by atoms with van der Waals surface area (Å²) in [6.07, 6.45) is 0.861. The van der Waals surface area contributed by atoms with Gasteiger partial charge in [0.1, 0.15) is 0 Å². The summed E-state index contributed by atoms with van der Waals surface area (Å²) in [4.78, 5) is 12.0. The maximum Gasteiger partial charge on any atom is 0.166 e. The smallest absolute Gasteiger partial charge is 0.166 e. The van der Waals surface area contributed by atoms with Gasteiger partial charge in [0, 0.05) is 22.4 Å². The standard InChI is InChI=1S/C13H15BrO3/c1-8(2)13(15)9-6-11-12(7-10(9)14)17-5-3-4-16-11/h6-8H,3-5H2,1-2H3. The molecule has 0 aliphatic carbocycles. The fraction of sp³-hybridized carbons (Fsp3) is 0.462. The number of Topliss-reactive ketones (excluding diaryl/α,β-unsaturated/α-hetero) is 1. The highest BCUT2D eigenvalue weighted by molar-refractivity contribution is 9.10. The first-order valence-corrected chi connectivity index (χ1v) is 6.52. The average Bonchev–Trinajstić information content (AvgIpc) is 2.51. The Morgan fingerprint density at radius 1 is 1.24 bits per heavy atom. The third-order valence-corrected chi connectivity index (χ3v) is 3.28. The molecule has 0 saturated heterocycles. The molecule has 0 N–H and O–H groups in total. The lowest BCUT2D eigenvalue weighted by molar-refractivity contribution is 0.0938. The number of benzene rings is 1. The van der Waals surface area contributed by atoms with Crippen molar-refractivity contribution in [2.75, 3.05) is 13.2 Å². The van der Waals surface area contributed by atoms with Crippen LogP contribution in [0, 0.1) is 5.92 Å². The molecule has 92 valence electrons. The first kappa shape index (κ1) is 12.4. The molecule has 0 fully saturated rings. The van der Waals surface area contributed by atoms with Crippen LogP contribution in [-0.4, -0.2) is 19.0 Å². The van der Waals surface area contributed by atoms with Gasteiger partial charge in [-0.05, 0) is 28.1 Å². The SMILES string of the molecule is CC(C)C(=O)c1cc2c(cc1Br)OCCCO2. The maximum atomic E-state index is 12.0. The summed E-state index contributed by atoms with van der Waals surface area (Å²) < 4.78 is 11.9. The molecule has 3 nitrogen and oxygen atoms in total. The number of hydrogen-bond acceptors (Lipinski definition) is 3. The summed E-state index contributed by atoms with van der Waals surface area (Å²) >= 11 is 3.41. The molecule has 0 spiro atoms. The maximum absolute atomic E-state index is 12.0. The van der Waals surface area contributed by atoms with Gasteiger partial charge < -0.3 is 9.47 Å². The summed E-state index contributed by atoms with van der Waals surface area (Å²) in [5, 5.41) is 0.